The molecule has 1 aromatic rings. The zero-order chi connectivity index (χ0) is 10.4. The molecule has 4 N–H and O–H groups in total. The van der Waals surface area contributed by atoms with Crippen LogP contribution in [-0.2, 0) is 6.61 Å². The van der Waals surface area contributed by atoms with Crippen molar-refractivity contribution in [2.75, 3.05) is 13.1 Å². The molecular weight excluding hydrogens is 182 g/mol. The molecule has 0 radical (unpaired) electrons. The Morgan fingerprint density at radius 2 is 2.21 bits per heavy atom. The fourth-order valence-corrected chi connectivity index (χ4v) is 1.03. The molecule has 0 aliphatic rings. The first kappa shape index (κ1) is 10.7. The molecule has 1 rings (SSSR count). The average Bonchev–Trinajstić information content (AvgIpc) is 2.20. The predicted octanol–water partition coefficient (Wildman–Crippen LogP) is -0.533. The molecule has 0 aromatic carbocycles. The van der Waals surface area contributed by atoms with Gasteiger partial charge in [0.2, 0.25) is 0 Å². The zero-order valence-electron chi connectivity index (χ0n) is 7.93. The van der Waals surface area contributed by atoms with Gasteiger partial charge in [-0.15, -0.1) is 0 Å². The SMILES string of the molecule is NCCCN=c1ccc(CO)cn1O. The van der Waals surface area contributed by atoms with Gasteiger partial charge in [0.15, 0.2) is 5.49 Å². The van der Waals surface area contributed by atoms with Crippen molar-refractivity contribution in [3.63, 3.8) is 0 Å². The molecule has 1 aromatic heterocycles. The zero-order valence-corrected chi connectivity index (χ0v) is 7.93. The predicted molar refractivity (Wildman–Crippen MR) is 51.6 cm³/mol. The van der Waals surface area contributed by atoms with E-state index in [0.717, 1.165) is 11.2 Å². The highest BCUT2D eigenvalue weighted by Crippen LogP contribution is 1.92. The summed E-state index contributed by atoms with van der Waals surface area (Å²) in [7, 11) is 0. The van der Waals surface area contributed by atoms with Gasteiger partial charge in [-0.3, -0.25) is 4.99 Å². The highest BCUT2D eigenvalue weighted by molar-refractivity contribution is 5.07. The van der Waals surface area contributed by atoms with E-state index in [1.165, 1.54) is 6.20 Å². The normalized spacial score (nSPS) is 12.0. The number of nitrogens with zero attached hydrogens (tertiary/aromatic N) is 2. The van der Waals surface area contributed by atoms with Crippen LogP contribution in [0.3, 0.4) is 0 Å². The summed E-state index contributed by atoms with van der Waals surface area (Å²) in [5.74, 6) is 0. The molecule has 0 aliphatic heterocycles. The van der Waals surface area contributed by atoms with Crippen molar-refractivity contribution in [2.24, 2.45) is 10.7 Å². The van der Waals surface area contributed by atoms with Crippen LogP contribution in [0, 0.1) is 0 Å². The van der Waals surface area contributed by atoms with Crippen LogP contribution in [0.25, 0.3) is 0 Å². The lowest BCUT2D eigenvalue weighted by Gasteiger charge is -2.01. The minimum absolute atomic E-state index is 0.0936. The van der Waals surface area contributed by atoms with Crippen molar-refractivity contribution in [2.45, 2.75) is 13.0 Å². The van der Waals surface area contributed by atoms with E-state index in [2.05, 4.69) is 4.99 Å². The Balaban J connectivity index is 2.83. The second kappa shape index (κ2) is 5.41. The maximum Gasteiger partial charge on any atom is 0.163 e. The minimum atomic E-state index is -0.0936. The van der Waals surface area contributed by atoms with Crippen molar-refractivity contribution in [1.29, 1.82) is 0 Å². The number of aliphatic hydroxyl groups excluding tert-OH is 1. The van der Waals surface area contributed by atoms with Crippen LogP contribution in [0.5, 0.6) is 0 Å². The Bertz CT molecular complexity index is 346. The number of aliphatic hydroxyl groups is 1. The fraction of sp³-hybridized carbons (Fsp3) is 0.444. The van der Waals surface area contributed by atoms with Gasteiger partial charge in [0.1, 0.15) is 0 Å². The minimum Gasteiger partial charge on any atom is -0.427 e. The lowest BCUT2D eigenvalue weighted by atomic mass is 10.3. The third-order valence-electron chi connectivity index (χ3n) is 1.79. The standard InChI is InChI=1S/C9H15N3O2/c10-4-1-5-11-9-3-2-8(7-13)6-12(9)14/h2-3,6,13-14H,1,4-5,7,10H2. The highest BCUT2D eigenvalue weighted by atomic mass is 16.5. The van der Waals surface area contributed by atoms with Crippen LogP contribution < -0.4 is 11.2 Å². The van der Waals surface area contributed by atoms with Crippen molar-refractivity contribution in [1.82, 2.24) is 4.73 Å². The lowest BCUT2D eigenvalue weighted by molar-refractivity contribution is 0.168. The van der Waals surface area contributed by atoms with Crippen LogP contribution in [0.15, 0.2) is 23.3 Å². The van der Waals surface area contributed by atoms with E-state index < -0.39 is 0 Å². The van der Waals surface area contributed by atoms with Gasteiger partial charge in [-0.1, -0.05) is 6.07 Å². The number of hydrogen-bond acceptors (Lipinski definition) is 4. The Kier molecular flexibility index (Phi) is 4.15. The molecular formula is C9H15N3O2. The average molecular weight is 197 g/mol. The van der Waals surface area contributed by atoms with Gasteiger partial charge in [0.25, 0.3) is 0 Å². The molecule has 0 amide bonds. The van der Waals surface area contributed by atoms with Gasteiger partial charge in [-0.2, -0.15) is 4.73 Å². The second-order valence-corrected chi connectivity index (χ2v) is 2.92. The third kappa shape index (κ3) is 2.86. The highest BCUT2D eigenvalue weighted by Gasteiger charge is 1.93. The molecule has 0 unspecified atom stereocenters. The largest absolute Gasteiger partial charge is 0.427 e. The Morgan fingerprint density at radius 3 is 2.79 bits per heavy atom. The molecule has 0 fully saturated rings. The fourth-order valence-electron chi connectivity index (χ4n) is 1.03. The first-order valence-electron chi connectivity index (χ1n) is 4.50. The van der Waals surface area contributed by atoms with Crippen molar-refractivity contribution in [3.8, 4) is 0 Å². The second-order valence-electron chi connectivity index (χ2n) is 2.92. The maximum absolute atomic E-state index is 9.40. The third-order valence-corrected chi connectivity index (χ3v) is 1.79. The molecule has 5 heteroatoms. The van der Waals surface area contributed by atoms with Gasteiger partial charge in [-0.05, 0) is 24.6 Å². The monoisotopic (exact) mass is 197 g/mol. The Morgan fingerprint density at radius 1 is 1.43 bits per heavy atom. The topological polar surface area (TPSA) is 83.8 Å². The van der Waals surface area contributed by atoms with Crippen LogP contribution in [0.1, 0.15) is 12.0 Å². The molecule has 0 atom stereocenters. The number of pyridine rings is 1. The van der Waals surface area contributed by atoms with E-state index in [1.54, 1.807) is 12.1 Å². The number of nitrogens with two attached hydrogens (primary N) is 1. The van der Waals surface area contributed by atoms with E-state index in [9.17, 15) is 5.21 Å². The number of hydrogen-bond donors (Lipinski definition) is 3. The Hall–Kier alpha value is -1.33. The van der Waals surface area contributed by atoms with E-state index in [1.807, 2.05) is 0 Å². The van der Waals surface area contributed by atoms with Crippen LogP contribution in [-0.4, -0.2) is 28.1 Å². The lowest BCUT2D eigenvalue weighted by Crippen LogP contribution is -2.19. The molecule has 14 heavy (non-hydrogen) atoms. The molecule has 0 saturated heterocycles. The molecule has 5 nitrogen and oxygen atoms in total. The van der Waals surface area contributed by atoms with Gasteiger partial charge in [0.05, 0.1) is 12.8 Å². The van der Waals surface area contributed by atoms with Crippen molar-refractivity contribution in [3.05, 3.63) is 29.4 Å². The van der Waals surface area contributed by atoms with Crippen LogP contribution in [0.2, 0.25) is 0 Å². The first-order valence-corrected chi connectivity index (χ1v) is 4.50. The molecule has 0 spiro atoms. The van der Waals surface area contributed by atoms with Gasteiger partial charge < -0.3 is 16.0 Å². The van der Waals surface area contributed by atoms with E-state index >= 15 is 0 Å². The molecule has 1 heterocycles. The number of aromatic nitrogens is 1. The van der Waals surface area contributed by atoms with E-state index in [4.69, 9.17) is 10.8 Å². The summed E-state index contributed by atoms with van der Waals surface area (Å²) in [4.78, 5) is 4.12. The molecule has 0 saturated carbocycles. The van der Waals surface area contributed by atoms with E-state index in [0.29, 0.717) is 24.1 Å². The van der Waals surface area contributed by atoms with Crippen molar-refractivity contribution < 1.29 is 10.3 Å². The number of rotatable bonds is 4. The van der Waals surface area contributed by atoms with Crippen LogP contribution in [0.4, 0.5) is 0 Å². The summed E-state index contributed by atoms with van der Waals surface area (Å²) in [6.45, 7) is 1.09. The van der Waals surface area contributed by atoms with E-state index in [-0.39, 0.29) is 6.61 Å². The molecule has 0 aliphatic carbocycles. The van der Waals surface area contributed by atoms with Gasteiger partial charge in [-0.25, -0.2) is 0 Å². The smallest absolute Gasteiger partial charge is 0.163 e. The quantitative estimate of drug-likeness (QED) is 0.448. The summed E-state index contributed by atoms with van der Waals surface area (Å²) in [5.41, 5.74) is 6.43. The summed E-state index contributed by atoms with van der Waals surface area (Å²) < 4.78 is 0.905. The summed E-state index contributed by atoms with van der Waals surface area (Å²) in [6.07, 6.45) is 2.23. The van der Waals surface area contributed by atoms with Crippen molar-refractivity contribution >= 4 is 0 Å². The molecule has 0 bridgehead atoms. The van der Waals surface area contributed by atoms with Gasteiger partial charge in [0, 0.05) is 6.54 Å². The maximum atomic E-state index is 9.40. The van der Waals surface area contributed by atoms with Gasteiger partial charge >= 0.3 is 0 Å². The first-order chi connectivity index (χ1) is 6.77. The summed E-state index contributed by atoms with van der Waals surface area (Å²) >= 11 is 0. The Labute approximate surface area is 82.1 Å². The summed E-state index contributed by atoms with van der Waals surface area (Å²) in [5, 5.41) is 18.2. The summed E-state index contributed by atoms with van der Waals surface area (Å²) in [6, 6.07) is 3.37. The molecule has 78 valence electrons. The van der Waals surface area contributed by atoms with Crippen LogP contribution >= 0.6 is 0 Å².